The van der Waals surface area contributed by atoms with Crippen molar-refractivity contribution in [3.63, 3.8) is 0 Å². The molecule has 0 amide bonds. The van der Waals surface area contributed by atoms with Crippen LogP contribution in [0.5, 0.6) is 0 Å². The molecular weight excluding hydrogens is 204 g/mol. The molecule has 4 nitrogen and oxygen atoms in total. The fourth-order valence-electron chi connectivity index (χ4n) is 2.43. The maximum absolute atomic E-state index is 12.1. The molecule has 0 aliphatic carbocycles. The zero-order valence-corrected chi connectivity index (χ0v) is 9.91. The Hall–Kier alpha value is -0.450. The van der Waals surface area contributed by atoms with Crippen molar-refractivity contribution in [1.82, 2.24) is 10.2 Å². The lowest BCUT2D eigenvalue weighted by molar-refractivity contribution is -0.126. The second-order valence-electron chi connectivity index (χ2n) is 4.73. The maximum atomic E-state index is 12.1. The molecule has 2 fully saturated rings. The summed E-state index contributed by atoms with van der Waals surface area (Å²) in [7, 11) is 0. The molecule has 0 aromatic heterocycles. The van der Waals surface area contributed by atoms with E-state index in [-0.39, 0.29) is 5.92 Å². The number of hydrogen-bond acceptors (Lipinski definition) is 4. The highest BCUT2D eigenvalue weighted by Gasteiger charge is 2.23. The van der Waals surface area contributed by atoms with Crippen molar-refractivity contribution in [3.05, 3.63) is 0 Å². The normalized spacial score (nSPS) is 25.2. The molecule has 0 aromatic rings. The highest BCUT2D eigenvalue weighted by molar-refractivity contribution is 5.83. The van der Waals surface area contributed by atoms with E-state index >= 15 is 0 Å². The highest BCUT2D eigenvalue weighted by atomic mass is 16.5. The molecule has 2 aliphatic rings. The summed E-state index contributed by atoms with van der Waals surface area (Å²) in [5, 5.41) is 3.36. The summed E-state index contributed by atoms with van der Waals surface area (Å²) in [6.45, 7) is 6.34. The fourth-order valence-corrected chi connectivity index (χ4v) is 2.43. The van der Waals surface area contributed by atoms with Gasteiger partial charge in [0.1, 0.15) is 5.78 Å². The molecule has 0 aromatic carbocycles. The molecule has 92 valence electrons. The number of rotatable bonds is 3. The third-order valence-electron chi connectivity index (χ3n) is 3.49. The molecule has 2 saturated heterocycles. The van der Waals surface area contributed by atoms with E-state index in [2.05, 4.69) is 10.2 Å². The number of nitrogens with zero attached hydrogens (tertiary/aromatic N) is 1. The van der Waals surface area contributed by atoms with Crippen LogP contribution in [0.3, 0.4) is 0 Å². The van der Waals surface area contributed by atoms with Crippen LogP contribution < -0.4 is 5.32 Å². The van der Waals surface area contributed by atoms with Crippen molar-refractivity contribution < 1.29 is 9.53 Å². The predicted molar refractivity (Wildman–Crippen MR) is 62.5 cm³/mol. The summed E-state index contributed by atoms with van der Waals surface area (Å²) < 4.78 is 5.28. The molecular formula is C12H22N2O2. The molecule has 2 aliphatic heterocycles. The number of ketones is 1. The quantitative estimate of drug-likeness (QED) is 0.750. The molecule has 0 atom stereocenters. The first-order valence-corrected chi connectivity index (χ1v) is 6.40. The van der Waals surface area contributed by atoms with E-state index < -0.39 is 0 Å². The third kappa shape index (κ3) is 3.54. The molecule has 0 radical (unpaired) electrons. The van der Waals surface area contributed by atoms with Gasteiger partial charge in [-0.3, -0.25) is 9.69 Å². The van der Waals surface area contributed by atoms with Gasteiger partial charge in [-0.2, -0.15) is 0 Å². The van der Waals surface area contributed by atoms with E-state index in [0.29, 0.717) is 12.3 Å². The number of nitrogens with one attached hydrogen (secondary N) is 1. The van der Waals surface area contributed by atoms with Crippen LogP contribution in [0.1, 0.15) is 19.3 Å². The van der Waals surface area contributed by atoms with Crippen LogP contribution in [0.25, 0.3) is 0 Å². The first kappa shape index (κ1) is 12.0. The molecule has 0 spiro atoms. The summed E-state index contributed by atoms with van der Waals surface area (Å²) in [4.78, 5) is 14.4. The topological polar surface area (TPSA) is 41.6 Å². The summed E-state index contributed by atoms with van der Waals surface area (Å²) in [6.07, 6.45) is 3.00. The van der Waals surface area contributed by atoms with E-state index in [4.69, 9.17) is 4.74 Å². The van der Waals surface area contributed by atoms with Gasteiger partial charge in [-0.15, -0.1) is 0 Å². The van der Waals surface area contributed by atoms with Gasteiger partial charge < -0.3 is 10.1 Å². The van der Waals surface area contributed by atoms with E-state index in [0.717, 1.165) is 58.7 Å². The van der Waals surface area contributed by atoms with Crippen molar-refractivity contribution in [2.24, 2.45) is 5.92 Å². The van der Waals surface area contributed by atoms with E-state index in [9.17, 15) is 4.79 Å². The molecule has 2 heterocycles. The van der Waals surface area contributed by atoms with Crippen molar-refractivity contribution >= 4 is 5.78 Å². The summed E-state index contributed by atoms with van der Waals surface area (Å²) >= 11 is 0. The Kier molecular flexibility index (Phi) is 4.75. The number of carbonyl (C=O) groups excluding carboxylic acids is 1. The first-order valence-electron chi connectivity index (χ1n) is 6.40. The summed E-state index contributed by atoms with van der Waals surface area (Å²) in [5.74, 6) is 0.676. The van der Waals surface area contributed by atoms with Crippen molar-refractivity contribution in [3.8, 4) is 0 Å². The van der Waals surface area contributed by atoms with Crippen LogP contribution >= 0.6 is 0 Å². The van der Waals surface area contributed by atoms with Gasteiger partial charge in [0.05, 0.1) is 6.54 Å². The van der Waals surface area contributed by atoms with Gasteiger partial charge >= 0.3 is 0 Å². The van der Waals surface area contributed by atoms with Crippen molar-refractivity contribution in [2.75, 3.05) is 45.9 Å². The Balaban J connectivity index is 1.76. The van der Waals surface area contributed by atoms with Crippen LogP contribution in [0.15, 0.2) is 0 Å². The number of carbonyl (C=O) groups is 1. The molecule has 0 bridgehead atoms. The minimum Gasteiger partial charge on any atom is -0.381 e. The lowest BCUT2D eigenvalue weighted by atomic mass is 9.95. The van der Waals surface area contributed by atoms with Gasteiger partial charge in [-0.25, -0.2) is 0 Å². The zero-order valence-electron chi connectivity index (χ0n) is 9.91. The smallest absolute Gasteiger partial charge is 0.150 e. The maximum Gasteiger partial charge on any atom is 0.150 e. The minimum absolute atomic E-state index is 0.255. The number of ether oxygens (including phenoxy) is 1. The fraction of sp³-hybridized carbons (Fsp3) is 0.917. The van der Waals surface area contributed by atoms with Gasteiger partial charge in [0.2, 0.25) is 0 Å². The van der Waals surface area contributed by atoms with Crippen LogP contribution in [0.2, 0.25) is 0 Å². The van der Waals surface area contributed by atoms with Gasteiger partial charge in [-0.1, -0.05) is 0 Å². The van der Waals surface area contributed by atoms with Gasteiger partial charge in [0.25, 0.3) is 0 Å². The molecule has 16 heavy (non-hydrogen) atoms. The number of hydrogen-bond donors (Lipinski definition) is 1. The Morgan fingerprint density at radius 3 is 2.88 bits per heavy atom. The van der Waals surface area contributed by atoms with E-state index in [1.54, 1.807) is 0 Å². The predicted octanol–water partition coefficient (Wildman–Crippen LogP) is 0.277. The summed E-state index contributed by atoms with van der Waals surface area (Å²) in [5.41, 5.74) is 0. The average Bonchev–Trinajstić information content (AvgIpc) is 2.59. The minimum atomic E-state index is 0.255. The molecule has 2 rings (SSSR count). The zero-order chi connectivity index (χ0) is 11.2. The monoisotopic (exact) mass is 226 g/mol. The SMILES string of the molecule is O=C(CN1CCCNCC1)C1CCOCC1. The molecule has 0 unspecified atom stereocenters. The Morgan fingerprint density at radius 2 is 2.06 bits per heavy atom. The van der Waals surface area contributed by atoms with Crippen molar-refractivity contribution in [1.29, 1.82) is 0 Å². The second-order valence-corrected chi connectivity index (χ2v) is 4.73. The summed E-state index contributed by atoms with van der Waals surface area (Å²) in [6, 6.07) is 0. The van der Waals surface area contributed by atoms with Crippen LogP contribution in [-0.4, -0.2) is 56.6 Å². The number of Topliss-reactive ketones (excluding diaryl/α,β-unsaturated/α-hetero) is 1. The van der Waals surface area contributed by atoms with Gasteiger partial charge in [0, 0.05) is 32.2 Å². The Morgan fingerprint density at radius 1 is 1.25 bits per heavy atom. The largest absolute Gasteiger partial charge is 0.381 e. The molecule has 4 heteroatoms. The third-order valence-corrected chi connectivity index (χ3v) is 3.49. The molecule has 0 saturated carbocycles. The lowest BCUT2D eigenvalue weighted by Crippen LogP contribution is -2.37. The van der Waals surface area contributed by atoms with Crippen LogP contribution in [0.4, 0.5) is 0 Å². The molecule has 1 N–H and O–H groups in total. The van der Waals surface area contributed by atoms with Crippen LogP contribution in [0, 0.1) is 5.92 Å². The van der Waals surface area contributed by atoms with Gasteiger partial charge in [0.15, 0.2) is 0 Å². The van der Waals surface area contributed by atoms with Crippen LogP contribution in [-0.2, 0) is 9.53 Å². The van der Waals surface area contributed by atoms with Crippen molar-refractivity contribution in [2.45, 2.75) is 19.3 Å². The lowest BCUT2D eigenvalue weighted by Gasteiger charge is -2.24. The van der Waals surface area contributed by atoms with E-state index in [1.807, 2.05) is 0 Å². The van der Waals surface area contributed by atoms with Gasteiger partial charge in [-0.05, 0) is 32.4 Å². The first-order chi connectivity index (χ1) is 7.86. The second kappa shape index (κ2) is 6.33. The van der Waals surface area contributed by atoms with E-state index in [1.165, 1.54) is 0 Å². The average molecular weight is 226 g/mol. The highest BCUT2D eigenvalue weighted by Crippen LogP contribution is 2.16. The standard InChI is InChI=1S/C12H22N2O2/c15-12(11-2-8-16-9-3-11)10-14-6-1-4-13-5-7-14/h11,13H,1-10H2. The Labute approximate surface area is 97.3 Å². The Bertz CT molecular complexity index is 219.